The summed E-state index contributed by atoms with van der Waals surface area (Å²) in [6.45, 7) is 8.76. The second-order valence-electron chi connectivity index (χ2n) is 14.6. The summed E-state index contributed by atoms with van der Waals surface area (Å²) in [5.74, 6) is 0. The topological polar surface area (TPSA) is 15.7 Å². The molecule has 8 rings (SSSR count). The average molecular weight is 799 g/mol. The summed E-state index contributed by atoms with van der Waals surface area (Å²) in [4.78, 5) is 4.73. The first-order valence-electron chi connectivity index (χ1n) is 17.8. The highest BCUT2D eigenvalue weighted by Crippen LogP contribution is 2.55. The molecular formula is C46H42Br2N2O. The van der Waals surface area contributed by atoms with E-state index in [0.717, 1.165) is 61.5 Å². The highest BCUT2D eigenvalue weighted by molar-refractivity contribution is 9.10. The number of halogens is 2. The Balaban J connectivity index is 1.37. The molecule has 1 aliphatic heterocycles. The summed E-state index contributed by atoms with van der Waals surface area (Å²) in [5.41, 5.74) is 13.5. The van der Waals surface area contributed by atoms with Gasteiger partial charge in [0.05, 0.1) is 11.2 Å². The van der Waals surface area contributed by atoms with Gasteiger partial charge in [-0.3, -0.25) is 0 Å². The Bertz CT molecular complexity index is 1980. The maximum Gasteiger partial charge on any atom is 0.0946 e. The quantitative estimate of drug-likeness (QED) is 0.160. The van der Waals surface area contributed by atoms with Gasteiger partial charge in [-0.25, -0.2) is 0 Å². The third-order valence-corrected chi connectivity index (χ3v) is 11.6. The van der Waals surface area contributed by atoms with E-state index in [4.69, 9.17) is 4.74 Å². The Morgan fingerprint density at radius 3 is 1.35 bits per heavy atom. The molecule has 0 bridgehead atoms. The molecule has 1 spiro atoms. The van der Waals surface area contributed by atoms with Crippen LogP contribution >= 0.6 is 31.9 Å². The molecule has 5 heteroatoms. The van der Waals surface area contributed by atoms with Crippen molar-refractivity contribution in [2.75, 3.05) is 9.80 Å². The van der Waals surface area contributed by atoms with Gasteiger partial charge in [0.1, 0.15) is 0 Å². The van der Waals surface area contributed by atoms with E-state index >= 15 is 0 Å². The predicted octanol–water partition coefficient (Wildman–Crippen LogP) is 14.5. The number of aryl methyl sites for hydroxylation is 2. The Hall–Kier alpha value is -4.16. The SMILES string of the molecule is Cc1ccc(N(c2ccc(C)cc2)c2cc(-c3ccc4c(c3)C(C)(C)OC43CCCC3)cc(N(c3ccc(Br)cc3)c3ccc(Br)cc3)c2)cc1. The Labute approximate surface area is 319 Å². The number of benzene rings is 6. The lowest BCUT2D eigenvalue weighted by Crippen LogP contribution is -2.25. The van der Waals surface area contributed by atoms with Crippen LogP contribution in [-0.4, -0.2) is 0 Å². The number of fused-ring (bicyclic) bond motifs is 2. The van der Waals surface area contributed by atoms with E-state index in [-0.39, 0.29) is 11.2 Å². The van der Waals surface area contributed by atoms with E-state index in [1.807, 2.05) is 0 Å². The van der Waals surface area contributed by atoms with Crippen LogP contribution in [0, 0.1) is 13.8 Å². The summed E-state index contributed by atoms with van der Waals surface area (Å²) in [6, 6.07) is 48.9. The van der Waals surface area contributed by atoms with Crippen LogP contribution in [0.5, 0.6) is 0 Å². The number of hydrogen-bond acceptors (Lipinski definition) is 3. The zero-order valence-corrected chi connectivity index (χ0v) is 32.8. The minimum atomic E-state index is -0.354. The normalized spacial score (nSPS) is 15.6. The van der Waals surface area contributed by atoms with Gasteiger partial charge in [-0.2, -0.15) is 0 Å². The van der Waals surface area contributed by atoms with Crippen LogP contribution < -0.4 is 9.80 Å². The van der Waals surface area contributed by atoms with E-state index in [1.54, 1.807) is 0 Å². The Morgan fingerprint density at radius 1 is 0.471 bits per heavy atom. The van der Waals surface area contributed by atoms with Gasteiger partial charge in [-0.15, -0.1) is 0 Å². The zero-order chi connectivity index (χ0) is 35.3. The van der Waals surface area contributed by atoms with Crippen molar-refractivity contribution < 1.29 is 4.74 Å². The monoisotopic (exact) mass is 796 g/mol. The van der Waals surface area contributed by atoms with E-state index < -0.39 is 0 Å². The lowest BCUT2D eigenvalue weighted by molar-refractivity contribution is -0.122. The summed E-state index contributed by atoms with van der Waals surface area (Å²) < 4.78 is 9.02. The van der Waals surface area contributed by atoms with Crippen LogP contribution in [0.4, 0.5) is 34.1 Å². The van der Waals surface area contributed by atoms with Crippen molar-refractivity contribution in [1.29, 1.82) is 0 Å². The molecule has 1 saturated carbocycles. The maximum absolute atomic E-state index is 6.93. The summed E-state index contributed by atoms with van der Waals surface area (Å²) in [5, 5.41) is 0. The molecule has 2 aliphatic rings. The average Bonchev–Trinajstić information content (AvgIpc) is 3.68. The highest BCUT2D eigenvalue weighted by atomic mass is 79.9. The fourth-order valence-corrected chi connectivity index (χ4v) is 8.55. The van der Waals surface area contributed by atoms with Crippen molar-refractivity contribution in [3.8, 4) is 11.1 Å². The first-order chi connectivity index (χ1) is 24.6. The van der Waals surface area contributed by atoms with E-state index in [1.165, 1.54) is 40.7 Å². The first kappa shape index (κ1) is 34.0. The summed E-state index contributed by atoms with van der Waals surface area (Å²) in [6.07, 6.45) is 4.64. The van der Waals surface area contributed by atoms with Crippen molar-refractivity contribution >= 4 is 66.0 Å². The molecule has 0 radical (unpaired) electrons. The van der Waals surface area contributed by atoms with E-state index in [9.17, 15) is 0 Å². The van der Waals surface area contributed by atoms with Gasteiger partial charge in [0.2, 0.25) is 0 Å². The molecule has 0 saturated heterocycles. The van der Waals surface area contributed by atoms with Crippen LogP contribution in [-0.2, 0) is 15.9 Å². The lowest BCUT2D eigenvalue weighted by Gasteiger charge is -2.30. The van der Waals surface area contributed by atoms with Crippen LogP contribution in [0.15, 0.2) is 142 Å². The standard InChI is InChI=1S/C46H42Br2N2O/c1-31-7-16-37(17-8-31)49(38-18-9-32(2)10-19-38)41-27-34(33-11-24-43-44(29-33)45(3,4)51-46(43)25-5-6-26-46)28-42(30-41)50(39-20-12-35(47)13-21-39)40-22-14-36(48)15-23-40/h7-24,27-30H,5-6,25-26H2,1-4H3. The van der Waals surface area contributed by atoms with Crippen molar-refractivity contribution in [3.05, 3.63) is 165 Å². The van der Waals surface area contributed by atoms with Crippen molar-refractivity contribution in [2.45, 2.75) is 64.6 Å². The summed E-state index contributed by atoms with van der Waals surface area (Å²) in [7, 11) is 0. The van der Waals surface area contributed by atoms with Gasteiger partial charge in [0, 0.05) is 43.1 Å². The number of anilines is 6. The summed E-state index contributed by atoms with van der Waals surface area (Å²) >= 11 is 7.33. The molecule has 256 valence electrons. The lowest BCUT2D eigenvalue weighted by atomic mass is 9.85. The molecule has 6 aromatic carbocycles. The molecule has 1 fully saturated rings. The largest absolute Gasteiger partial charge is 0.360 e. The molecule has 0 aromatic heterocycles. The predicted molar refractivity (Wildman–Crippen MR) is 220 cm³/mol. The van der Waals surface area contributed by atoms with Crippen molar-refractivity contribution in [2.24, 2.45) is 0 Å². The Kier molecular flexibility index (Phi) is 8.94. The van der Waals surface area contributed by atoms with Crippen LogP contribution in [0.25, 0.3) is 11.1 Å². The van der Waals surface area contributed by atoms with Gasteiger partial charge in [-0.1, -0.05) is 92.2 Å². The highest BCUT2D eigenvalue weighted by Gasteiger charge is 2.50. The van der Waals surface area contributed by atoms with Gasteiger partial charge >= 0.3 is 0 Å². The van der Waals surface area contributed by atoms with Crippen molar-refractivity contribution in [3.63, 3.8) is 0 Å². The van der Waals surface area contributed by atoms with E-state index in [2.05, 4.69) is 203 Å². The number of rotatable bonds is 7. The van der Waals surface area contributed by atoms with Crippen LogP contribution in [0.2, 0.25) is 0 Å². The second kappa shape index (κ2) is 13.4. The van der Waals surface area contributed by atoms with Gasteiger partial charge in [-0.05, 0) is 160 Å². The molecular weight excluding hydrogens is 756 g/mol. The molecule has 0 amide bonds. The third kappa shape index (κ3) is 6.57. The van der Waals surface area contributed by atoms with Gasteiger partial charge < -0.3 is 14.5 Å². The minimum absolute atomic E-state index is 0.155. The molecule has 3 nitrogen and oxygen atoms in total. The number of ether oxygens (including phenoxy) is 1. The van der Waals surface area contributed by atoms with Gasteiger partial charge in [0.25, 0.3) is 0 Å². The molecule has 6 aromatic rings. The fourth-order valence-electron chi connectivity index (χ4n) is 8.02. The maximum atomic E-state index is 6.93. The molecule has 1 aliphatic carbocycles. The zero-order valence-electron chi connectivity index (χ0n) is 29.6. The molecule has 0 atom stereocenters. The minimum Gasteiger partial charge on any atom is -0.360 e. The van der Waals surface area contributed by atoms with Crippen LogP contribution in [0.1, 0.15) is 61.8 Å². The van der Waals surface area contributed by atoms with Crippen LogP contribution in [0.3, 0.4) is 0 Å². The van der Waals surface area contributed by atoms with Crippen molar-refractivity contribution in [1.82, 2.24) is 0 Å². The molecule has 0 N–H and O–H groups in total. The van der Waals surface area contributed by atoms with Gasteiger partial charge in [0.15, 0.2) is 0 Å². The second-order valence-corrected chi connectivity index (χ2v) is 16.4. The molecule has 51 heavy (non-hydrogen) atoms. The van der Waals surface area contributed by atoms with E-state index in [0.29, 0.717) is 0 Å². The fraction of sp³-hybridized carbons (Fsp3) is 0.217. The smallest absolute Gasteiger partial charge is 0.0946 e. The number of nitrogens with zero attached hydrogens (tertiary/aromatic N) is 2. The molecule has 0 unspecified atom stereocenters. The molecule has 1 heterocycles. The first-order valence-corrected chi connectivity index (χ1v) is 19.4. The third-order valence-electron chi connectivity index (χ3n) is 10.5. The Morgan fingerprint density at radius 2 is 0.902 bits per heavy atom. The number of hydrogen-bond donors (Lipinski definition) is 0.